The quantitative estimate of drug-likeness (QED) is 0.631. The maximum Gasteiger partial charge on any atom is 0.439 e. The number of nitrogens with zero attached hydrogens (tertiary/aromatic N) is 2. The highest BCUT2D eigenvalue weighted by molar-refractivity contribution is 5.84. The van der Waals surface area contributed by atoms with Crippen LogP contribution < -0.4 is 5.76 Å². The molecule has 0 spiro atoms. The van der Waals surface area contributed by atoms with Crippen LogP contribution in [0.1, 0.15) is 11.1 Å². The molecule has 0 amide bonds. The van der Waals surface area contributed by atoms with Crippen molar-refractivity contribution in [3.63, 3.8) is 0 Å². The van der Waals surface area contributed by atoms with E-state index in [0.717, 1.165) is 23.0 Å². The molecular formula is C18H15N3O2. The van der Waals surface area contributed by atoms with E-state index in [2.05, 4.69) is 62.7 Å². The SMILES string of the molecule is Cc1cccc(Cn2ccc3cc(-c4noc(=O)[nH]4)ccc32)c1. The monoisotopic (exact) mass is 305 g/mol. The van der Waals surface area contributed by atoms with Gasteiger partial charge in [0.05, 0.1) is 0 Å². The summed E-state index contributed by atoms with van der Waals surface area (Å²) in [5.74, 6) is -0.0968. The van der Waals surface area contributed by atoms with E-state index in [1.54, 1.807) is 0 Å². The van der Waals surface area contributed by atoms with Crippen molar-refractivity contribution in [3.8, 4) is 11.4 Å². The molecule has 0 saturated heterocycles. The number of aromatic nitrogens is 3. The van der Waals surface area contributed by atoms with Gasteiger partial charge in [-0.15, -0.1) is 0 Å². The zero-order valence-corrected chi connectivity index (χ0v) is 12.6. The first-order valence-electron chi connectivity index (χ1n) is 7.40. The van der Waals surface area contributed by atoms with Crippen molar-refractivity contribution in [1.29, 1.82) is 0 Å². The second-order valence-corrected chi connectivity index (χ2v) is 5.65. The van der Waals surface area contributed by atoms with Crippen molar-refractivity contribution < 1.29 is 4.52 Å². The Hall–Kier alpha value is -3.08. The highest BCUT2D eigenvalue weighted by Crippen LogP contribution is 2.23. The molecule has 0 bridgehead atoms. The van der Waals surface area contributed by atoms with Crippen LogP contribution in [0.15, 0.2) is 64.0 Å². The fourth-order valence-electron chi connectivity index (χ4n) is 2.85. The van der Waals surface area contributed by atoms with Gasteiger partial charge in [0, 0.05) is 29.2 Å². The normalized spacial score (nSPS) is 11.2. The predicted octanol–water partition coefficient (Wildman–Crippen LogP) is 3.34. The zero-order valence-electron chi connectivity index (χ0n) is 12.6. The summed E-state index contributed by atoms with van der Waals surface area (Å²) < 4.78 is 6.77. The van der Waals surface area contributed by atoms with Gasteiger partial charge in [-0.1, -0.05) is 35.0 Å². The standard InChI is InChI=1S/C18H15N3O2/c1-12-3-2-4-13(9-12)11-21-8-7-14-10-15(5-6-16(14)21)17-19-18(22)23-20-17/h2-10H,11H2,1H3,(H,19,20,22). The van der Waals surface area contributed by atoms with E-state index in [9.17, 15) is 4.79 Å². The fraction of sp³-hybridized carbons (Fsp3) is 0.111. The number of nitrogens with one attached hydrogen (secondary N) is 1. The van der Waals surface area contributed by atoms with Crippen molar-refractivity contribution in [1.82, 2.24) is 14.7 Å². The van der Waals surface area contributed by atoms with Crippen LogP contribution in [0, 0.1) is 6.92 Å². The van der Waals surface area contributed by atoms with Gasteiger partial charge < -0.3 is 4.57 Å². The van der Waals surface area contributed by atoms with Crippen LogP contribution in [-0.2, 0) is 6.54 Å². The molecule has 2 heterocycles. The van der Waals surface area contributed by atoms with Crippen molar-refractivity contribution in [3.05, 3.63) is 76.4 Å². The van der Waals surface area contributed by atoms with Gasteiger partial charge in [-0.2, -0.15) is 0 Å². The first-order valence-corrected chi connectivity index (χ1v) is 7.40. The van der Waals surface area contributed by atoms with E-state index in [-0.39, 0.29) is 0 Å². The molecule has 1 N–H and O–H groups in total. The minimum absolute atomic E-state index is 0.448. The number of hydrogen-bond acceptors (Lipinski definition) is 3. The van der Waals surface area contributed by atoms with Gasteiger partial charge in [0.15, 0.2) is 5.82 Å². The predicted molar refractivity (Wildman–Crippen MR) is 88.3 cm³/mol. The Bertz CT molecular complexity index is 1040. The number of aromatic amines is 1. The molecular weight excluding hydrogens is 290 g/mol. The first-order chi connectivity index (χ1) is 11.2. The molecule has 114 valence electrons. The molecule has 0 aliphatic carbocycles. The molecule has 4 rings (SSSR count). The lowest BCUT2D eigenvalue weighted by Gasteiger charge is -2.07. The average Bonchev–Trinajstić information content (AvgIpc) is 3.14. The molecule has 0 aliphatic rings. The number of rotatable bonds is 3. The van der Waals surface area contributed by atoms with E-state index in [4.69, 9.17) is 0 Å². The van der Waals surface area contributed by atoms with Crippen LogP contribution in [0.25, 0.3) is 22.3 Å². The van der Waals surface area contributed by atoms with Crippen LogP contribution in [0.2, 0.25) is 0 Å². The molecule has 0 aliphatic heterocycles. The maximum atomic E-state index is 11.1. The molecule has 4 aromatic rings. The number of H-pyrrole nitrogens is 1. The lowest BCUT2D eigenvalue weighted by Crippen LogP contribution is -1.98. The summed E-state index contributed by atoms with van der Waals surface area (Å²) in [6.45, 7) is 2.92. The van der Waals surface area contributed by atoms with Crippen molar-refractivity contribution in [2.75, 3.05) is 0 Å². The summed E-state index contributed by atoms with van der Waals surface area (Å²) in [7, 11) is 0. The lowest BCUT2D eigenvalue weighted by molar-refractivity contribution is 0.388. The van der Waals surface area contributed by atoms with Gasteiger partial charge in [-0.25, -0.2) is 4.79 Å². The highest BCUT2D eigenvalue weighted by atomic mass is 16.5. The smallest absolute Gasteiger partial charge is 0.343 e. The molecule has 2 aromatic carbocycles. The summed E-state index contributed by atoms with van der Waals surface area (Å²) in [4.78, 5) is 13.6. The van der Waals surface area contributed by atoms with Crippen LogP contribution in [0.3, 0.4) is 0 Å². The minimum atomic E-state index is -0.544. The van der Waals surface area contributed by atoms with Crippen LogP contribution >= 0.6 is 0 Å². The Balaban J connectivity index is 1.71. The van der Waals surface area contributed by atoms with Gasteiger partial charge in [-0.05, 0) is 36.8 Å². The van der Waals surface area contributed by atoms with Gasteiger partial charge in [0.2, 0.25) is 0 Å². The lowest BCUT2D eigenvalue weighted by atomic mass is 10.1. The molecule has 0 radical (unpaired) electrons. The van der Waals surface area contributed by atoms with E-state index >= 15 is 0 Å². The Labute approximate surface area is 132 Å². The third-order valence-corrected chi connectivity index (χ3v) is 3.92. The fourth-order valence-corrected chi connectivity index (χ4v) is 2.85. The van der Waals surface area contributed by atoms with E-state index in [1.807, 2.05) is 18.2 Å². The van der Waals surface area contributed by atoms with Crippen LogP contribution in [-0.4, -0.2) is 14.7 Å². The Morgan fingerprint density at radius 1 is 1.17 bits per heavy atom. The minimum Gasteiger partial charge on any atom is -0.343 e. The number of fused-ring (bicyclic) bond motifs is 1. The molecule has 2 aromatic heterocycles. The Morgan fingerprint density at radius 3 is 2.87 bits per heavy atom. The van der Waals surface area contributed by atoms with E-state index < -0.39 is 5.76 Å². The molecule has 23 heavy (non-hydrogen) atoms. The molecule has 5 nitrogen and oxygen atoms in total. The number of aryl methyl sites for hydroxylation is 1. The van der Waals surface area contributed by atoms with Crippen molar-refractivity contribution >= 4 is 10.9 Å². The first kappa shape index (κ1) is 13.6. The molecule has 0 atom stereocenters. The van der Waals surface area contributed by atoms with Crippen LogP contribution in [0.5, 0.6) is 0 Å². The van der Waals surface area contributed by atoms with Crippen molar-refractivity contribution in [2.24, 2.45) is 0 Å². The highest BCUT2D eigenvalue weighted by Gasteiger charge is 2.08. The Morgan fingerprint density at radius 2 is 2.09 bits per heavy atom. The van der Waals surface area contributed by atoms with E-state index in [1.165, 1.54) is 11.1 Å². The number of benzene rings is 2. The van der Waals surface area contributed by atoms with Gasteiger partial charge in [0.25, 0.3) is 0 Å². The maximum absolute atomic E-state index is 11.1. The average molecular weight is 305 g/mol. The van der Waals surface area contributed by atoms with E-state index in [0.29, 0.717) is 5.82 Å². The van der Waals surface area contributed by atoms with Gasteiger partial charge in [0.1, 0.15) is 0 Å². The van der Waals surface area contributed by atoms with Gasteiger partial charge >= 0.3 is 5.76 Å². The summed E-state index contributed by atoms with van der Waals surface area (Å²) in [6, 6.07) is 16.5. The number of hydrogen-bond donors (Lipinski definition) is 1. The Kier molecular flexibility index (Phi) is 3.12. The topological polar surface area (TPSA) is 63.8 Å². The molecule has 5 heteroatoms. The zero-order chi connectivity index (χ0) is 15.8. The molecule has 0 fully saturated rings. The summed E-state index contributed by atoms with van der Waals surface area (Å²) in [6.07, 6.45) is 2.07. The molecule has 0 saturated carbocycles. The van der Waals surface area contributed by atoms with Gasteiger partial charge in [-0.3, -0.25) is 9.51 Å². The third-order valence-electron chi connectivity index (χ3n) is 3.92. The largest absolute Gasteiger partial charge is 0.439 e. The molecule has 0 unspecified atom stereocenters. The summed E-state index contributed by atoms with van der Waals surface area (Å²) in [5.41, 5.74) is 4.50. The third kappa shape index (κ3) is 2.57. The summed E-state index contributed by atoms with van der Waals surface area (Å²) >= 11 is 0. The van der Waals surface area contributed by atoms with Crippen molar-refractivity contribution in [2.45, 2.75) is 13.5 Å². The van der Waals surface area contributed by atoms with Crippen LogP contribution in [0.4, 0.5) is 0 Å². The second-order valence-electron chi connectivity index (χ2n) is 5.65. The second kappa shape index (κ2) is 5.28. The summed E-state index contributed by atoms with van der Waals surface area (Å²) in [5, 5.41) is 4.82.